The van der Waals surface area contributed by atoms with Gasteiger partial charge in [0.1, 0.15) is 18.4 Å². The molecule has 0 aromatic carbocycles. The van der Waals surface area contributed by atoms with E-state index >= 15 is 0 Å². The molecule has 0 saturated heterocycles. The molecule has 0 unspecified atom stereocenters. The monoisotopic (exact) mass is 209 g/mol. The van der Waals surface area contributed by atoms with E-state index in [1.54, 1.807) is 6.33 Å². The Hall–Kier alpha value is -1.19. The molecule has 0 amide bonds. The minimum absolute atomic E-state index is 0.600. The number of carbonyl (C=O) groups excluding carboxylic acids is 1. The van der Waals surface area contributed by atoms with Gasteiger partial charge in [0.15, 0.2) is 0 Å². The molecule has 1 rings (SSSR count). The number of aldehydes is 1. The minimum atomic E-state index is 0.600. The van der Waals surface area contributed by atoms with Crippen molar-refractivity contribution in [3.8, 4) is 0 Å². The van der Waals surface area contributed by atoms with Gasteiger partial charge in [0.05, 0.1) is 0 Å². The molecule has 0 N–H and O–H groups in total. The smallest absolute Gasteiger partial charge is 0.138 e. The number of nitrogens with zero attached hydrogens (tertiary/aromatic N) is 3. The molecule has 0 aliphatic rings. The van der Waals surface area contributed by atoms with Crippen LogP contribution >= 0.6 is 0 Å². The molecule has 15 heavy (non-hydrogen) atoms. The first-order chi connectivity index (χ1) is 7.24. The summed E-state index contributed by atoms with van der Waals surface area (Å²) in [5, 5.41) is 4.18. The number of aromatic nitrogens is 3. The molecule has 0 saturated carbocycles. The van der Waals surface area contributed by atoms with Crippen molar-refractivity contribution in [2.24, 2.45) is 5.92 Å². The highest BCUT2D eigenvalue weighted by Gasteiger charge is 2.05. The van der Waals surface area contributed by atoms with Crippen molar-refractivity contribution >= 4 is 6.29 Å². The number of hydrogen-bond donors (Lipinski definition) is 0. The van der Waals surface area contributed by atoms with Gasteiger partial charge < -0.3 is 4.79 Å². The number of rotatable bonds is 7. The number of unbranched alkanes of at least 4 members (excludes halogenated alkanes) is 2. The van der Waals surface area contributed by atoms with Crippen molar-refractivity contribution in [1.29, 1.82) is 0 Å². The Kier molecular flexibility index (Phi) is 5.01. The largest absolute Gasteiger partial charge is 0.303 e. The SMILES string of the molecule is CC(C)Cc1ncnn1CCCCC=O. The van der Waals surface area contributed by atoms with Crippen LogP contribution in [0, 0.1) is 5.92 Å². The Balaban J connectivity index is 2.39. The third-order valence-corrected chi connectivity index (χ3v) is 2.23. The fourth-order valence-electron chi connectivity index (χ4n) is 1.49. The summed E-state index contributed by atoms with van der Waals surface area (Å²) in [5.41, 5.74) is 0. The molecule has 1 heterocycles. The van der Waals surface area contributed by atoms with E-state index in [0.29, 0.717) is 12.3 Å². The van der Waals surface area contributed by atoms with Crippen LogP contribution in [0.5, 0.6) is 0 Å². The number of carbonyl (C=O) groups is 1. The second-order valence-corrected chi connectivity index (χ2v) is 4.16. The predicted molar refractivity (Wildman–Crippen MR) is 58.5 cm³/mol. The quantitative estimate of drug-likeness (QED) is 0.508. The molecular formula is C11H19N3O. The normalized spacial score (nSPS) is 10.9. The highest BCUT2D eigenvalue weighted by molar-refractivity contribution is 5.48. The van der Waals surface area contributed by atoms with Gasteiger partial charge in [-0.05, 0) is 18.8 Å². The highest BCUT2D eigenvalue weighted by Crippen LogP contribution is 2.06. The molecule has 0 bridgehead atoms. The van der Waals surface area contributed by atoms with Crippen LogP contribution < -0.4 is 0 Å². The van der Waals surface area contributed by atoms with E-state index in [1.165, 1.54) is 0 Å². The molecule has 0 spiro atoms. The molecule has 4 heteroatoms. The molecule has 0 aliphatic carbocycles. The van der Waals surface area contributed by atoms with Crippen LogP contribution in [0.4, 0.5) is 0 Å². The summed E-state index contributed by atoms with van der Waals surface area (Å²) in [6.45, 7) is 5.21. The van der Waals surface area contributed by atoms with Gasteiger partial charge in [-0.1, -0.05) is 13.8 Å². The van der Waals surface area contributed by atoms with Gasteiger partial charge in [-0.25, -0.2) is 4.98 Å². The van der Waals surface area contributed by atoms with Crippen molar-refractivity contribution in [2.75, 3.05) is 0 Å². The van der Waals surface area contributed by atoms with Crippen LogP contribution in [0.1, 0.15) is 38.9 Å². The first kappa shape index (κ1) is 11.9. The van der Waals surface area contributed by atoms with Crippen LogP contribution in [0.2, 0.25) is 0 Å². The maximum Gasteiger partial charge on any atom is 0.138 e. The third kappa shape index (κ3) is 4.23. The molecule has 1 aromatic rings. The van der Waals surface area contributed by atoms with Gasteiger partial charge in [0, 0.05) is 19.4 Å². The summed E-state index contributed by atoms with van der Waals surface area (Å²) >= 11 is 0. The fourth-order valence-corrected chi connectivity index (χ4v) is 1.49. The lowest BCUT2D eigenvalue weighted by Crippen LogP contribution is -2.08. The summed E-state index contributed by atoms with van der Waals surface area (Å²) in [5.74, 6) is 1.65. The molecule has 84 valence electrons. The molecule has 0 fully saturated rings. The Labute approximate surface area is 90.7 Å². The first-order valence-corrected chi connectivity index (χ1v) is 5.54. The molecule has 0 radical (unpaired) electrons. The maximum absolute atomic E-state index is 10.1. The predicted octanol–water partition coefficient (Wildman–Crippen LogP) is 1.85. The zero-order chi connectivity index (χ0) is 11.1. The van der Waals surface area contributed by atoms with Crippen LogP contribution in [-0.4, -0.2) is 21.1 Å². The maximum atomic E-state index is 10.1. The summed E-state index contributed by atoms with van der Waals surface area (Å²) in [6, 6.07) is 0. The average molecular weight is 209 g/mol. The lowest BCUT2D eigenvalue weighted by atomic mass is 10.1. The lowest BCUT2D eigenvalue weighted by Gasteiger charge is -2.06. The van der Waals surface area contributed by atoms with E-state index in [9.17, 15) is 4.79 Å². The van der Waals surface area contributed by atoms with E-state index in [2.05, 4.69) is 23.9 Å². The van der Waals surface area contributed by atoms with Crippen LogP contribution in [-0.2, 0) is 17.8 Å². The average Bonchev–Trinajstić information content (AvgIpc) is 2.59. The Bertz CT molecular complexity index is 294. The van der Waals surface area contributed by atoms with E-state index in [1.807, 2.05) is 4.68 Å². The van der Waals surface area contributed by atoms with Gasteiger partial charge >= 0.3 is 0 Å². The summed E-state index contributed by atoms with van der Waals surface area (Å²) in [7, 11) is 0. The third-order valence-electron chi connectivity index (χ3n) is 2.23. The van der Waals surface area contributed by atoms with Crippen LogP contribution in [0.3, 0.4) is 0 Å². The molecule has 4 nitrogen and oxygen atoms in total. The molecule has 1 aromatic heterocycles. The Morgan fingerprint density at radius 2 is 2.27 bits per heavy atom. The second-order valence-electron chi connectivity index (χ2n) is 4.16. The zero-order valence-corrected chi connectivity index (χ0v) is 9.52. The highest BCUT2D eigenvalue weighted by atomic mass is 16.1. The Morgan fingerprint density at radius 3 is 2.93 bits per heavy atom. The molecule has 0 aliphatic heterocycles. The summed E-state index contributed by atoms with van der Waals surface area (Å²) in [6.07, 6.45) is 6.12. The van der Waals surface area contributed by atoms with Gasteiger partial charge in [0.25, 0.3) is 0 Å². The van der Waals surface area contributed by atoms with Crippen LogP contribution in [0.15, 0.2) is 6.33 Å². The number of hydrogen-bond acceptors (Lipinski definition) is 3. The number of aryl methyl sites for hydroxylation is 1. The van der Waals surface area contributed by atoms with Gasteiger partial charge in [-0.2, -0.15) is 5.10 Å². The topological polar surface area (TPSA) is 47.8 Å². The van der Waals surface area contributed by atoms with E-state index in [4.69, 9.17) is 0 Å². The van der Waals surface area contributed by atoms with Gasteiger partial charge in [-0.15, -0.1) is 0 Å². The lowest BCUT2D eigenvalue weighted by molar-refractivity contribution is -0.107. The zero-order valence-electron chi connectivity index (χ0n) is 9.52. The fraction of sp³-hybridized carbons (Fsp3) is 0.727. The van der Waals surface area contributed by atoms with Gasteiger partial charge in [0.2, 0.25) is 0 Å². The van der Waals surface area contributed by atoms with Crippen molar-refractivity contribution in [3.05, 3.63) is 12.2 Å². The van der Waals surface area contributed by atoms with E-state index in [-0.39, 0.29) is 0 Å². The second kappa shape index (κ2) is 6.32. The first-order valence-electron chi connectivity index (χ1n) is 5.54. The van der Waals surface area contributed by atoms with Gasteiger partial charge in [-0.3, -0.25) is 4.68 Å². The van der Waals surface area contributed by atoms with Crippen molar-refractivity contribution in [3.63, 3.8) is 0 Å². The van der Waals surface area contributed by atoms with Crippen molar-refractivity contribution in [2.45, 2.75) is 46.1 Å². The van der Waals surface area contributed by atoms with E-state index in [0.717, 1.165) is 37.9 Å². The van der Waals surface area contributed by atoms with Crippen LogP contribution in [0.25, 0.3) is 0 Å². The van der Waals surface area contributed by atoms with Crippen molar-refractivity contribution < 1.29 is 4.79 Å². The Morgan fingerprint density at radius 1 is 1.47 bits per heavy atom. The van der Waals surface area contributed by atoms with E-state index < -0.39 is 0 Å². The molecule has 0 atom stereocenters. The standard InChI is InChI=1S/C11H19N3O/c1-10(2)8-11-12-9-13-14(11)6-4-3-5-7-15/h7,9-10H,3-6,8H2,1-2H3. The molecular weight excluding hydrogens is 190 g/mol. The summed E-state index contributed by atoms with van der Waals surface area (Å²) < 4.78 is 1.95. The van der Waals surface area contributed by atoms with Crippen molar-refractivity contribution in [1.82, 2.24) is 14.8 Å². The minimum Gasteiger partial charge on any atom is -0.303 e. The summed E-state index contributed by atoms with van der Waals surface area (Å²) in [4.78, 5) is 14.4.